The van der Waals surface area contributed by atoms with Gasteiger partial charge >= 0.3 is 6.61 Å². The van der Waals surface area contributed by atoms with E-state index in [2.05, 4.69) is 15.0 Å². The van der Waals surface area contributed by atoms with Gasteiger partial charge in [0.15, 0.2) is 11.5 Å². The first-order valence-corrected chi connectivity index (χ1v) is 9.77. The summed E-state index contributed by atoms with van der Waals surface area (Å²) in [5, 5.41) is 5.59. The largest absolute Gasteiger partial charge is 0.493 e. The molecule has 152 valence electrons. The quantitative estimate of drug-likeness (QED) is 0.566. The van der Waals surface area contributed by atoms with Crippen LogP contribution in [0.1, 0.15) is 21.8 Å². The Morgan fingerprint density at radius 2 is 1.93 bits per heavy atom. The van der Waals surface area contributed by atoms with Crippen LogP contribution in [-0.4, -0.2) is 24.6 Å². The second kappa shape index (κ2) is 9.97. The van der Waals surface area contributed by atoms with Gasteiger partial charge in [0.2, 0.25) is 5.91 Å². The van der Waals surface area contributed by atoms with E-state index in [-0.39, 0.29) is 30.4 Å². The molecule has 0 spiro atoms. The summed E-state index contributed by atoms with van der Waals surface area (Å²) in [7, 11) is 1.37. The minimum atomic E-state index is -2.96. The first kappa shape index (κ1) is 20.7. The lowest BCUT2D eigenvalue weighted by Gasteiger charge is -2.12. The number of alkyl halides is 2. The summed E-state index contributed by atoms with van der Waals surface area (Å²) >= 11 is 1.52. The number of benzene rings is 2. The van der Waals surface area contributed by atoms with Crippen LogP contribution in [0.25, 0.3) is 0 Å². The molecule has 0 saturated carbocycles. The van der Waals surface area contributed by atoms with E-state index in [0.717, 1.165) is 11.4 Å². The van der Waals surface area contributed by atoms with Crippen LogP contribution < -0.4 is 14.8 Å². The van der Waals surface area contributed by atoms with Gasteiger partial charge in [0.05, 0.1) is 24.2 Å². The number of rotatable bonds is 9. The van der Waals surface area contributed by atoms with Gasteiger partial charge in [0.1, 0.15) is 0 Å². The SMILES string of the molecule is COc1ccc(CNC(=O)Cc2csc(Cc3ccccc3)n2)cc1OC(F)F. The van der Waals surface area contributed by atoms with Crippen molar-refractivity contribution in [1.29, 1.82) is 0 Å². The fourth-order valence-electron chi connectivity index (χ4n) is 2.73. The maximum absolute atomic E-state index is 12.5. The van der Waals surface area contributed by atoms with Crippen LogP contribution in [0.5, 0.6) is 11.5 Å². The number of hydrogen-bond donors (Lipinski definition) is 1. The number of aromatic nitrogens is 1. The van der Waals surface area contributed by atoms with Gasteiger partial charge < -0.3 is 14.8 Å². The monoisotopic (exact) mass is 418 g/mol. The smallest absolute Gasteiger partial charge is 0.387 e. The molecule has 0 radical (unpaired) electrons. The highest BCUT2D eigenvalue weighted by Gasteiger charge is 2.12. The van der Waals surface area contributed by atoms with E-state index < -0.39 is 6.61 Å². The maximum Gasteiger partial charge on any atom is 0.387 e. The third-order valence-corrected chi connectivity index (χ3v) is 4.97. The fraction of sp³-hybridized carbons (Fsp3) is 0.238. The molecule has 0 atom stereocenters. The number of nitrogens with one attached hydrogen (secondary N) is 1. The van der Waals surface area contributed by atoms with E-state index in [4.69, 9.17) is 4.74 Å². The van der Waals surface area contributed by atoms with E-state index in [1.54, 1.807) is 6.07 Å². The minimum Gasteiger partial charge on any atom is -0.493 e. The Morgan fingerprint density at radius 3 is 2.66 bits per heavy atom. The van der Waals surface area contributed by atoms with Crippen LogP contribution in [0.2, 0.25) is 0 Å². The molecule has 0 aliphatic carbocycles. The molecule has 2 aromatic carbocycles. The fourth-order valence-corrected chi connectivity index (χ4v) is 3.56. The molecule has 0 unspecified atom stereocenters. The minimum absolute atomic E-state index is 0.0701. The summed E-state index contributed by atoms with van der Waals surface area (Å²) in [6.07, 6.45) is 0.883. The average Bonchev–Trinajstić information content (AvgIpc) is 3.13. The number of hydrogen-bond acceptors (Lipinski definition) is 5. The summed E-state index contributed by atoms with van der Waals surface area (Å²) in [5.41, 5.74) is 2.49. The molecular weight excluding hydrogens is 398 g/mol. The highest BCUT2D eigenvalue weighted by Crippen LogP contribution is 2.29. The summed E-state index contributed by atoms with van der Waals surface area (Å²) in [6.45, 7) is -2.77. The Hall–Kier alpha value is -3.00. The molecule has 0 aliphatic heterocycles. The molecule has 3 aromatic rings. The van der Waals surface area contributed by atoms with Crippen molar-refractivity contribution in [2.75, 3.05) is 7.11 Å². The first-order valence-electron chi connectivity index (χ1n) is 8.89. The lowest BCUT2D eigenvalue weighted by Crippen LogP contribution is -2.24. The molecule has 5 nitrogen and oxygen atoms in total. The predicted molar refractivity (Wildman–Crippen MR) is 107 cm³/mol. The van der Waals surface area contributed by atoms with Crippen molar-refractivity contribution in [2.24, 2.45) is 0 Å². The van der Waals surface area contributed by atoms with Gasteiger partial charge in [0, 0.05) is 18.3 Å². The van der Waals surface area contributed by atoms with Crippen molar-refractivity contribution in [1.82, 2.24) is 10.3 Å². The molecule has 0 saturated heterocycles. The van der Waals surface area contributed by atoms with Crippen LogP contribution in [0, 0.1) is 0 Å². The Balaban J connectivity index is 1.54. The highest BCUT2D eigenvalue weighted by molar-refractivity contribution is 7.09. The van der Waals surface area contributed by atoms with Gasteiger partial charge in [-0.1, -0.05) is 36.4 Å². The molecule has 1 aromatic heterocycles. The number of nitrogens with zero attached hydrogens (tertiary/aromatic N) is 1. The van der Waals surface area contributed by atoms with Crippen LogP contribution in [0.4, 0.5) is 8.78 Å². The zero-order valence-corrected chi connectivity index (χ0v) is 16.5. The summed E-state index contributed by atoms with van der Waals surface area (Å²) in [5.74, 6) is -0.0678. The Morgan fingerprint density at radius 1 is 1.14 bits per heavy atom. The molecule has 29 heavy (non-hydrogen) atoms. The topological polar surface area (TPSA) is 60.5 Å². The standard InChI is InChI=1S/C21H20F2N2O3S/c1-27-17-8-7-15(9-18(17)28-21(22)23)12-24-19(26)11-16-13-29-20(25-16)10-14-5-3-2-4-6-14/h2-9,13,21H,10-12H2,1H3,(H,24,26). The van der Waals surface area contributed by atoms with Crippen molar-refractivity contribution in [2.45, 2.75) is 26.0 Å². The van der Waals surface area contributed by atoms with Crippen LogP contribution in [0.15, 0.2) is 53.9 Å². The third-order valence-electron chi connectivity index (χ3n) is 4.07. The zero-order valence-electron chi connectivity index (χ0n) is 15.7. The normalized spacial score (nSPS) is 10.8. The van der Waals surface area contributed by atoms with Gasteiger partial charge in [-0.2, -0.15) is 8.78 Å². The lowest BCUT2D eigenvalue weighted by molar-refractivity contribution is -0.120. The number of thiazole rings is 1. The molecule has 1 N–H and O–H groups in total. The van der Waals surface area contributed by atoms with Crippen molar-refractivity contribution < 1.29 is 23.0 Å². The summed E-state index contributed by atoms with van der Waals surface area (Å²) in [6, 6.07) is 14.6. The van der Waals surface area contributed by atoms with Crippen LogP contribution >= 0.6 is 11.3 Å². The van der Waals surface area contributed by atoms with Crippen molar-refractivity contribution in [3.05, 3.63) is 75.7 Å². The molecule has 1 heterocycles. The van der Waals surface area contributed by atoms with Crippen molar-refractivity contribution >= 4 is 17.2 Å². The van der Waals surface area contributed by atoms with Gasteiger partial charge in [-0.25, -0.2) is 4.98 Å². The van der Waals surface area contributed by atoms with Gasteiger partial charge in [0.25, 0.3) is 0 Å². The Bertz CT molecular complexity index is 948. The second-order valence-electron chi connectivity index (χ2n) is 6.21. The summed E-state index contributed by atoms with van der Waals surface area (Å²) in [4.78, 5) is 16.7. The van der Waals surface area contributed by atoms with Gasteiger partial charge in [-0.3, -0.25) is 4.79 Å². The molecule has 1 amide bonds. The highest BCUT2D eigenvalue weighted by atomic mass is 32.1. The molecular formula is C21H20F2N2O3S. The van der Waals surface area contributed by atoms with Crippen molar-refractivity contribution in [3.63, 3.8) is 0 Å². The van der Waals surface area contributed by atoms with Gasteiger partial charge in [-0.15, -0.1) is 11.3 Å². The number of methoxy groups -OCH3 is 1. The number of ether oxygens (including phenoxy) is 2. The average molecular weight is 418 g/mol. The first-order chi connectivity index (χ1) is 14.0. The number of carbonyl (C=O) groups excluding carboxylic acids is 1. The molecule has 0 fully saturated rings. The Labute approximate surface area is 171 Å². The maximum atomic E-state index is 12.5. The van der Waals surface area contributed by atoms with E-state index in [1.807, 2.05) is 35.7 Å². The molecule has 0 bridgehead atoms. The third kappa shape index (κ3) is 6.25. The van der Waals surface area contributed by atoms with Gasteiger partial charge in [-0.05, 0) is 23.3 Å². The van der Waals surface area contributed by atoms with Crippen molar-refractivity contribution in [3.8, 4) is 11.5 Å². The Kier molecular flexibility index (Phi) is 7.13. The number of carbonyl (C=O) groups is 1. The zero-order chi connectivity index (χ0) is 20.6. The van der Waals surface area contributed by atoms with E-state index in [1.165, 1.54) is 36.1 Å². The number of amides is 1. The van der Waals surface area contributed by atoms with E-state index >= 15 is 0 Å². The van der Waals surface area contributed by atoms with Crippen LogP contribution in [0.3, 0.4) is 0 Å². The molecule has 8 heteroatoms. The lowest BCUT2D eigenvalue weighted by atomic mass is 10.2. The predicted octanol–water partition coefficient (Wildman–Crippen LogP) is 4.20. The van der Waals surface area contributed by atoms with Crippen LogP contribution in [-0.2, 0) is 24.2 Å². The molecule has 3 rings (SSSR count). The van der Waals surface area contributed by atoms with E-state index in [0.29, 0.717) is 11.3 Å². The summed E-state index contributed by atoms with van der Waals surface area (Å²) < 4.78 is 34.5. The number of halogens is 2. The second-order valence-corrected chi connectivity index (χ2v) is 7.15. The molecule has 0 aliphatic rings. The van der Waals surface area contributed by atoms with E-state index in [9.17, 15) is 13.6 Å².